The van der Waals surface area contributed by atoms with E-state index in [2.05, 4.69) is 52.0 Å². The summed E-state index contributed by atoms with van der Waals surface area (Å²) in [6.45, 7) is 4.77. The lowest BCUT2D eigenvalue weighted by atomic mass is 10.3. The van der Waals surface area contributed by atoms with Crippen molar-refractivity contribution in [3.05, 3.63) is 51.6 Å². The molecule has 0 saturated carbocycles. The molecule has 0 radical (unpaired) electrons. The van der Waals surface area contributed by atoms with Gasteiger partial charge in [0.1, 0.15) is 5.82 Å². The van der Waals surface area contributed by atoms with Crippen LogP contribution in [-0.4, -0.2) is 85.0 Å². The molecule has 8 nitrogen and oxygen atoms in total. The molecule has 2 aromatic heterocycles. The lowest BCUT2D eigenvalue weighted by molar-refractivity contribution is -0.00618. The van der Waals surface area contributed by atoms with Crippen LogP contribution in [-0.2, 0) is 9.47 Å². The molecule has 11 heteroatoms. The van der Waals surface area contributed by atoms with Crippen molar-refractivity contribution < 1.29 is 24.1 Å². The van der Waals surface area contributed by atoms with E-state index in [1.165, 1.54) is 12.3 Å². The van der Waals surface area contributed by atoms with E-state index in [4.69, 9.17) is 19.7 Å². The van der Waals surface area contributed by atoms with Crippen molar-refractivity contribution in [2.75, 3.05) is 57.5 Å². The second kappa shape index (κ2) is 14.8. The number of nitrogens with zero attached hydrogens (tertiary/aromatic N) is 3. The number of anilines is 1. The molecule has 0 aromatic carbocycles. The number of aliphatic hydroxyl groups is 2. The third kappa shape index (κ3) is 10.3. The predicted octanol–water partition coefficient (Wildman–Crippen LogP) is 1.99. The van der Waals surface area contributed by atoms with Crippen molar-refractivity contribution in [3.8, 4) is 0 Å². The van der Waals surface area contributed by atoms with Crippen LogP contribution in [0.4, 0.5) is 10.2 Å². The predicted molar refractivity (Wildman–Crippen MR) is 123 cm³/mol. The molecule has 31 heavy (non-hydrogen) atoms. The van der Waals surface area contributed by atoms with Gasteiger partial charge >= 0.3 is 0 Å². The second-order valence-corrected chi connectivity index (χ2v) is 8.46. The number of morpholine rings is 2. The lowest BCUT2D eigenvalue weighted by Crippen LogP contribution is -2.44. The largest absolute Gasteiger partial charge is 0.394 e. The van der Waals surface area contributed by atoms with Crippen LogP contribution < -0.4 is 10.2 Å². The molecule has 2 aliphatic heterocycles. The molecular weight excluding hydrogens is 539 g/mol. The second-order valence-electron chi connectivity index (χ2n) is 6.63. The van der Waals surface area contributed by atoms with E-state index in [1.54, 1.807) is 12.3 Å². The zero-order valence-corrected chi connectivity index (χ0v) is 20.1. The topological polar surface area (TPSA) is 100.0 Å². The maximum Gasteiger partial charge on any atom is 0.213 e. The minimum absolute atomic E-state index is 0.0312. The van der Waals surface area contributed by atoms with E-state index >= 15 is 0 Å². The van der Waals surface area contributed by atoms with Gasteiger partial charge in [0.25, 0.3) is 0 Å². The molecule has 0 aliphatic carbocycles. The Hall–Kier alpha value is -1.21. The Bertz CT molecular complexity index is 754. The fourth-order valence-electron chi connectivity index (χ4n) is 2.72. The standard InChI is InChI=1S/C10H13BrN2O2.C5H3BrFN.C5H11NO2/c11-8-1-2-12-10(5-8)13-3-4-15-9(6-13)7-14;6-4-1-2-8-5(7)3-4;7-4-5-3-6-1-2-8-5/h1-2,5,9,14H,3-4,6-7H2;1-3H;5-7H,1-4H2/t9-;;5-/m1.1/s1. The fraction of sp³-hybridized carbons (Fsp3) is 0.500. The van der Waals surface area contributed by atoms with Crippen molar-refractivity contribution in [1.82, 2.24) is 15.3 Å². The first-order valence-electron chi connectivity index (χ1n) is 9.81. The van der Waals surface area contributed by atoms with Gasteiger partial charge in [-0.15, -0.1) is 0 Å². The lowest BCUT2D eigenvalue weighted by Gasteiger charge is -2.32. The summed E-state index contributed by atoms with van der Waals surface area (Å²) in [5.74, 6) is 0.463. The smallest absolute Gasteiger partial charge is 0.213 e. The summed E-state index contributed by atoms with van der Waals surface area (Å²) < 4.78 is 24.2. The van der Waals surface area contributed by atoms with E-state index in [1.807, 2.05) is 12.1 Å². The Labute approximate surface area is 198 Å². The van der Waals surface area contributed by atoms with Gasteiger partial charge in [0, 0.05) is 53.6 Å². The number of nitrogens with one attached hydrogen (secondary N) is 1. The highest BCUT2D eigenvalue weighted by molar-refractivity contribution is 9.10. The normalized spacial score (nSPS) is 20.7. The highest BCUT2D eigenvalue weighted by atomic mass is 79.9. The van der Waals surface area contributed by atoms with Crippen molar-refractivity contribution in [2.24, 2.45) is 0 Å². The van der Waals surface area contributed by atoms with Crippen LogP contribution in [0.3, 0.4) is 0 Å². The first-order valence-corrected chi connectivity index (χ1v) is 11.4. The maximum absolute atomic E-state index is 12.0. The van der Waals surface area contributed by atoms with E-state index in [9.17, 15) is 4.39 Å². The highest BCUT2D eigenvalue weighted by Gasteiger charge is 2.20. The Morgan fingerprint density at radius 2 is 1.71 bits per heavy atom. The molecule has 0 bridgehead atoms. The van der Waals surface area contributed by atoms with Crippen molar-refractivity contribution in [2.45, 2.75) is 12.2 Å². The van der Waals surface area contributed by atoms with Crippen LogP contribution in [0.2, 0.25) is 0 Å². The van der Waals surface area contributed by atoms with Gasteiger partial charge in [-0.05, 0) is 18.2 Å². The summed E-state index contributed by atoms with van der Waals surface area (Å²) in [6.07, 6.45) is 3.10. The number of hydrogen-bond acceptors (Lipinski definition) is 8. The van der Waals surface area contributed by atoms with Gasteiger partial charge in [-0.1, -0.05) is 31.9 Å². The minimum atomic E-state index is -0.459. The quantitative estimate of drug-likeness (QED) is 0.486. The molecule has 2 fully saturated rings. The van der Waals surface area contributed by atoms with Crippen LogP contribution in [0.1, 0.15) is 0 Å². The minimum Gasteiger partial charge on any atom is -0.394 e. The van der Waals surface area contributed by atoms with Crippen LogP contribution >= 0.6 is 31.9 Å². The highest BCUT2D eigenvalue weighted by Crippen LogP contribution is 2.19. The third-order valence-corrected chi connectivity index (χ3v) is 5.26. The Morgan fingerprint density at radius 1 is 1.03 bits per heavy atom. The van der Waals surface area contributed by atoms with Crippen LogP contribution in [0, 0.1) is 5.95 Å². The molecule has 2 aliphatic rings. The summed E-state index contributed by atoms with van der Waals surface area (Å²) in [6, 6.07) is 6.84. The monoisotopic (exact) mass is 564 g/mol. The van der Waals surface area contributed by atoms with E-state index in [-0.39, 0.29) is 25.4 Å². The molecule has 2 saturated heterocycles. The van der Waals surface area contributed by atoms with Crippen LogP contribution in [0.25, 0.3) is 0 Å². The zero-order chi connectivity index (χ0) is 22.5. The average molecular weight is 566 g/mol. The van der Waals surface area contributed by atoms with Crippen LogP contribution in [0.5, 0.6) is 0 Å². The molecule has 4 rings (SSSR count). The number of pyridine rings is 2. The van der Waals surface area contributed by atoms with E-state index < -0.39 is 5.95 Å². The van der Waals surface area contributed by atoms with Crippen molar-refractivity contribution in [1.29, 1.82) is 0 Å². The van der Waals surface area contributed by atoms with Gasteiger partial charge in [-0.25, -0.2) is 9.97 Å². The SMILES string of the molecule is Fc1cc(Br)ccn1.OC[C@H]1CN(c2cc(Br)ccn2)CCO1.OC[C@H]1CNCCO1. The van der Waals surface area contributed by atoms with E-state index in [0.29, 0.717) is 17.6 Å². The summed E-state index contributed by atoms with van der Waals surface area (Å²) in [5.41, 5.74) is 0. The van der Waals surface area contributed by atoms with Gasteiger partial charge in [0.2, 0.25) is 5.95 Å². The maximum atomic E-state index is 12.0. The van der Waals surface area contributed by atoms with Crippen LogP contribution in [0.15, 0.2) is 45.6 Å². The number of aromatic nitrogens is 2. The first-order chi connectivity index (χ1) is 15.0. The zero-order valence-electron chi connectivity index (χ0n) is 17.0. The summed E-state index contributed by atoms with van der Waals surface area (Å²) >= 11 is 6.50. The Kier molecular flexibility index (Phi) is 12.4. The van der Waals surface area contributed by atoms with Gasteiger partial charge in [-0.2, -0.15) is 4.39 Å². The van der Waals surface area contributed by atoms with Gasteiger partial charge in [-0.3, -0.25) is 0 Å². The van der Waals surface area contributed by atoms with Crippen molar-refractivity contribution >= 4 is 37.7 Å². The summed E-state index contributed by atoms with van der Waals surface area (Å²) in [5, 5.41) is 20.7. The number of ether oxygens (including phenoxy) is 2. The summed E-state index contributed by atoms with van der Waals surface area (Å²) in [4.78, 5) is 9.75. The Morgan fingerprint density at radius 3 is 2.23 bits per heavy atom. The molecular formula is C20H27Br2FN4O4. The number of aliphatic hydroxyl groups excluding tert-OH is 2. The molecule has 0 unspecified atom stereocenters. The molecule has 0 amide bonds. The number of halogens is 3. The van der Waals surface area contributed by atoms with Crippen molar-refractivity contribution in [3.63, 3.8) is 0 Å². The van der Waals surface area contributed by atoms with Gasteiger partial charge in [0.05, 0.1) is 38.6 Å². The van der Waals surface area contributed by atoms with Gasteiger partial charge < -0.3 is 29.9 Å². The third-order valence-electron chi connectivity index (χ3n) is 4.27. The average Bonchev–Trinajstić information content (AvgIpc) is 2.80. The fourth-order valence-corrected chi connectivity index (χ4v) is 3.35. The molecule has 0 spiro atoms. The molecule has 2 aromatic rings. The number of rotatable bonds is 3. The molecule has 4 heterocycles. The van der Waals surface area contributed by atoms with E-state index in [0.717, 1.165) is 36.5 Å². The van der Waals surface area contributed by atoms with Gasteiger partial charge in [0.15, 0.2) is 0 Å². The molecule has 2 atom stereocenters. The first kappa shape index (κ1) is 26.0. The molecule has 172 valence electrons. The molecule has 3 N–H and O–H groups in total. The number of hydrogen-bond donors (Lipinski definition) is 3. The summed E-state index contributed by atoms with van der Waals surface area (Å²) in [7, 11) is 0. The Balaban J connectivity index is 0.000000181.